The molecule has 2 saturated heterocycles. The summed E-state index contributed by atoms with van der Waals surface area (Å²) in [6, 6.07) is 11.6. The van der Waals surface area contributed by atoms with Gasteiger partial charge in [0.05, 0.1) is 0 Å². The smallest absolute Gasteiger partial charge is 0.325 e. The molecule has 2 aromatic rings. The fourth-order valence-corrected chi connectivity index (χ4v) is 5.51. The van der Waals surface area contributed by atoms with Crippen LogP contribution in [-0.4, -0.2) is 78.4 Å². The summed E-state index contributed by atoms with van der Waals surface area (Å²) in [5, 5.41) is 3.01. The van der Waals surface area contributed by atoms with E-state index in [4.69, 9.17) is 0 Å². The van der Waals surface area contributed by atoms with Crippen LogP contribution in [0.1, 0.15) is 39.9 Å². The zero-order valence-corrected chi connectivity index (χ0v) is 21.5. The van der Waals surface area contributed by atoms with Crippen LogP contribution in [0.4, 0.5) is 9.18 Å². The topological polar surface area (TPSA) is 73.0 Å². The van der Waals surface area contributed by atoms with Crippen LogP contribution in [-0.2, 0) is 11.2 Å². The van der Waals surface area contributed by atoms with Crippen molar-refractivity contribution in [2.75, 3.05) is 40.3 Å². The lowest BCUT2D eigenvalue weighted by molar-refractivity contribution is -0.134. The van der Waals surface area contributed by atoms with Crippen LogP contribution in [0.3, 0.4) is 0 Å². The van der Waals surface area contributed by atoms with Crippen molar-refractivity contribution in [3.05, 3.63) is 70.5 Å². The first-order chi connectivity index (χ1) is 17.1. The minimum absolute atomic E-state index is 0.0196. The Morgan fingerprint density at radius 1 is 1.08 bits per heavy atom. The average molecular weight is 495 g/mol. The maximum Gasteiger partial charge on any atom is 0.325 e. The molecule has 0 aromatic heterocycles. The number of hydrogen-bond donors (Lipinski definition) is 1. The van der Waals surface area contributed by atoms with E-state index in [1.165, 1.54) is 17.0 Å². The Kier molecular flexibility index (Phi) is 7.45. The molecular formula is C28H35FN4O3. The van der Waals surface area contributed by atoms with E-state index in [0.29, 0.717) is 43.6 Å². The summed E-state index contributed by atoms with van der Waals surface area (Å²) in [4.78, 5) is 45.0. The van der Waals surface area contributed by atoms with Crippen molar-refractivity contribution in [3.8, 4) is 0 Å². The Balaban J connectivity index is 1.56. The lowest BCUT2D eigenvalue weighted by Crippen LogP contribution is -2.58. The molecule has 192 valence electrons. The zero-order valence-electron chi connectivity index (χ0n) is 21.5. The van der Waals surface area contributed by atoms with Gasteiger partial charge in [0.15, 0.2) is 0 Å². The molecule has 0 bridgehead atoms. The summed E-state index contributed by atoms with van der Waals surface area (Å²) in [6.07, 6.45) is 1.35. The molecule has 0 saturated carbocycles. The SMILES string of the molecule is Cc1cc(C)cc(C(=O)N2CCC([C@@]3(Cc4cccc(F)c4)NC(=O)N(CCN(C)C)C3=O)CC2)c1. The van der Waals surface area contributed by atoms with Crippen LogP contribution in [0.15, 0.2) is 42.5 Å². The average Bonchev–Trinajstić information content (AvgIpc) is 3.06. The van der Waals surface area contributed by atoms with Gasteiger partial charge in [-0.15, -0.1) is 0 Å². The van der Waals surface area contributed by atoms with Crippen molar-refractivity contribution in [2.45, 2.75) is 38.6 Å². The van der Waals surface area contributed by atoms with E-state index < -0.39 is 11.6 Å². The maximum atomic E-state index is 14.0. The second-order valence-corrected chi connectivity index (χ2v) is 10.4. The van der Waals surface area contributed by atoms with E-state index in [0.717, 1.165) is 11.1 Å². The second-order valence-electron chi connectivity index (χ2n) is 10.4. The number of rotatable bonds is 7. The first-order valence-corrected chi connectivity index (χ1v) is 12.5. The highest BCUT2D eigenvalue weighted by molar-refractivity contribution is 6.07. The number of aryl methyl sites for hydroxylation is 2. The Morgan fingerprint density at radius 2 is 1.75 bits per heavy atom. The molecule has 0 spiro atoms. The fraction of sp³-hybridized carbons (Fsp3) is 0.464. The second kappa shape index (κ2) is 10.4. The van der Waals surface area contributed by atoms with Crippen LogP contribution in [0.2, 0.25) is 0 Å². The van der Waals surface area contributed by atoms with Crippen LogP contribution >= 0.6 is 0 Å². The van der Waals surface area contributed by atoms with E-state index in [1.807, 2.05) is 55.9 Å². The summed E-state index contributed by atoms with van der Waals surface area (Å²) >= 11 is 0. The molecule has 2 aromatic carbocycles. The quantitative estimate of drug-likeness (QED) is 0.599. The number of carbonyl (C=O) groups is 3. The number of carbonyl (C=O) groups excluding carboxylic acids is 3. The molecule has 2 heterocycles. The largest absolute Gasteiger partial charge is 0.339 e. The van der Waals surface area contributed by atoms with Crippen molar-refractivity contribution >= 4 is 17.8 Å². The third-order valence-electron chi connectivity index (χ3n) is 7.29. The number of nitrogens with zero attached hydrogens (tertiary/aromatic N) is 3. The van der Waals surface area contributed by atoms with Crippen molar-refractivity contribution in [1.29, 1.82) is 0 Å². The molecule has 36 heavy (non-hydrogen) atoms. The van der Waals surface area contributed by atoms with Crippen LogP contribution in [0.25, 0.3) is 0 Å². The molecule has 8 heteroatoms. The summed E-state index contributed by atoms with van der Waals surface area (Å²) in [6.45, 7) is 5.76. The van der Waals surface area contributed by atoms with E-state index in [1.54, 1.807) is 12.1 Å². The lowest BCUT2D eigenvalue weighted by Gasteiger charge is -2.41. The highest BCUT2D eigenvalue weighted by Gasteiger charge is 2.55. The number of hydrogen-bond acceptors (Lipinski definition) is 4. The molecule has 2 aliphatic rings. The number of benzene rings is 2. The highest BCUT2D eigenvalue weighted by Crippen LogP contribution is 2.37. The number of urea groups is 1. The molecule has 2 fully saturated rings. The normalized spacial score (nSPS) is 20.8. The molecular weight excluding hydrogens is 459 g/mol. The van der Waals surface area contributed by atoms with Crippen LogP contribution < -0.4 is 5.32 Å². The Labute approximate surface area is 212 Å². The van der Waals surface area contributed by atoms with Gasteiger partial charge in [-0.3, -0.25) is 14.5 Å². The molecule has 0 aliphatic carbocycles. The van der Waals surface area contributed by atoms with Gasteiger partial charge in [-0.05, 0) is 76.5 Å². The third-order valence-corrected chi connectivity index (χ3v) is 7.29. The van der Waals surface area contributed by atoms with Crippen LogP contribution in [0, 0.1) is 25.6 Å². The van der Waals surface area contributed by atoms with E-state index in [2.05, 4.69) is 5.32 Å². The Bertz CT molecular complexity index is 1140. The number of imide groups is 1. The Hall–Kier alpha value is -3.26. The predicted molar refractivity (Wildman–Crippen MR) is 136 cm³/mol. The molecule has 1 N–H and O–H groups in total. The van der Waals surface area contributed by atoms with Gasteiger partial charge in [-0.2, -0.15) is 0 Å². The van der Waals surface area contributed by atoms with Crippen molar-refractivity contribution in [2.24, 2.45) is 5.92 Å². The number of likely N-dealkylation sites (tertiary alicyclic amines) is 1. The van der Waals surface area contributed by atoms with Crippen molar-refractivity contribution in [1.82, 2.24) is 20.0 Å². The van der Waals surface area contributed by atoms with E-state index >= 15 is 0 Å². The van der Waals surface area contributed by atoms with Crippen molar-refractivity contribution < 1.29 is 18.8 Å². The first kappa shape index (κ1) is 25.8. The standard InChI is InChI=1S/C28H35FN4O3/c1-19-14-20(2)16-22(15-19)25(34)32-10-8-23(9-11-32)28(18-21-6-5-7-24(29)17-21)26(35)33(27(36)30-28)13-12-31(3)4/h5-7,14-17,23H,8-13,18H2,1-4H3,(H,30,36)/t28-/m1/s1. The molecule has 0 unspecified atom stereocenters. The van der Waals surface area contributed by atoms with Crippen molar-refractivity contribution in [3.63, 3.8) is 0 Å². The van der Waals surface area contributed by atoms with Gasteiger partial charge in [0, 0.05) is 38.2 Å². The van der Waals surface area contributed by atoms with Gasteiger partial charge in [-0.1, -0.05) is 29.3 Å². The highest BCUT2D eigenvalue weighted by atomic mass is 19.1. The monoisotopic (exact) mass is 494 g/mol. The van der Waals surface area contributed by atoms with Gasteiger partial charge in [0.1, 0.15) is 11.4 Å². The molecule has 4 amide bonds. The first-order valence-electron chi connectivity index (χ1n) is 12.5. The number of likely N-dealkylation sites (N-methyl/N-ethyl adjacent to an activating group) is 1. The van der Waals surface area contributed by atoms with Gasteiger partial charge in [-0.25, -0.2) is 9.18 Å². The number of piperidine rings is 1. The predicted octanol–water partition coefficient (Wildman–Crippen LogP) is 3.39. The molecule has 2 aliphatic heterocycles. The molecule has 4 rings (SSSR count). The summed E-state index contributed by atoms with van der Waals surface area (Å²) in [7, 11) is 3.78. The summed E-state index contributed by atoms with van der Waals surface area (Å²) in [5.41, 5.74) is 2.25. The molecule has 7 nitrogen and oxygen atoms in total. The van der Waals surface area contributed by atoms with Gasteiger partial charge < -0.3 is 15.1 Å². The number of nitrogens with one attached hydrogen (secondary N) is 1. The minimum atomic E-state index is -1.16. The van der Waals surface area contributed by atoms with Gasteiger partial charge in [0.2, 0.25) is 0 Å². The minimum Gasteiger partial charge on any atom is -0.339 e. The number of amides is 4. The van der Waals surface area contributed by atoms with Gasteiger partial charge >= 0.3 is 6.03 Å². The Morgan fingerprint density at radius 3 is 2.36 bits per heavy atom. The summed E-state index contributed by atoms with van der Waals surface area (Å²) in [5.74, 6) is -0.839. The van der Waals surface area contributed by atoms with E-state index in [9.17, 15) is 18.8 Å². The number of halogens is 1. The molecule has 0 radical (unpaired) electrons. The van der Waals surface area contributed by atoms with Gasteiger partial charge in [0.25, 0.3) is 11.8 Å². The van der Waals surface area contributed by atoms with E-state index in [-0.39, 0.29) is 36.5 Å². The summed E-state index contributed by atoms with van der Waals surface area (Å²) < 4.78 is 14.0. The molecule has 1 atom stereocenters. The fourth-order valence-electron chi connectivity index (χ4n) is 5.51. The maximum absolute atomic E-state index is 14.0. The van der Waals surface area contributed by atoms with Crippen LogP contribution in [0.5, 0.6) is 0 Å². The lowest BCUT2D eigenvalue weighted by atomic mass is 9.73. The third kappa shape index (κ3) is 5.28. The zero-order chi connectivity index (χ0) is 26.0.